The van der Waals surface area contributed by atoms with E-state index >= 15 is 0 Å². The molecule has 0 aliphatic carbocycles. The second kappa shape index (κ2) is 6.96. The number of aromatic nitrogens is 2. The third-order valence-corrected chi connectivity index (χ3v) is 6.17. The number of aromatic amines is 1. The number of nitrogens with one attached hydrogen (secondary N) is 1. The summed E-state index contributed by atoms with van der Waals surface area (Å²) in [6.45, 7) is -0.572. The molecule has 2 aromatic carbocycles. The maximum atomic E-state index is 14.0. The Labute approximate surface area is 189 Å². The summed E-state index contributed by atoms with van der Waals surface area (Å²) >= 11 is 3.40. The topological polar surface area (TPSA) is 145 Å². The molecule has 3 aromatic rings. The Hall–Kier alpha value is -4.10. The first kappa shape index (κ1) is 19.8. The fourth-order valence-electron chi connectivity index (χ4n) is 4.41. The molecule has 5 rings (SSSR count). The predicted molar refractivity (Wildman–Crippen MR) is 116 cm³/mol. The number of aliphatic carboxylic acids is 1. The summed E-state index contributed by atoms with van der Waals surface area (Å²) in [5.41, 5.74) is 6.57. The smallest absolute Gasteiger partial charge is 0.323 e. The zero-order valence-electron chi connectivity index (χ0n) is 16.3. The number of carbonyl (C=O) groups excluding carboxylic acids is 1. The maximum absolute atomic E-state index is 14.0. The molecule has 32 heavy (non-hydrogen) atoms. The zero-order valence-corrected chi connectivity index (χ0v) is 17.9. The standard InChI is InChI=1S/C22H14BrN5O4/c23-12-7-5-11(6-8-12)18-17-20(27-26-18)32-19(25)14(9-24)22(17)13-3-1-2-4-15(13)28(21(22)31)10-16(29)30/h1-8H,10,25H2,(H,26,27)(H,29,30)/t22-/m0/s1. The molecule has 2 aliphatic heterocycles. The van der Waals surface area contributed by atoms with Crippen LogP contribution in [0.5, 0.6) is 5.88 Å². The van der Waals surface area contributed by atoms with Gasteiger partial charge in [0.2, 0.25) is 17.7 Å². The average Bonchev–Trinajstić information content (AvgIpc) is 3.29. The Balaban J connectivity index is 1.87. The average molecular weight is 492 g/mol. The lowest BCUT2D eigenvalue weighted by atomic mass is 9.68. The molecule has 0 bridgehead atoms. The Morgan fingerprint density at radius 3 is 2.69 bits per heavy atom. The number of nitriles is 1. The van der Waals surface area contributed by atoms with Crippen molar-refractivity contribution in [1.29, 1.82) is 5.26 Å². The van der Waals surface area contributed by atoms with Crippen LogP contribution in [0, 0.1) is 11.3 Å². The number of nitrogens with two attached hydrogens (primary N) is 1. The van der Waals surface area contributed by atoms with E-state index in [9.17, 15) is 20.0 Å². The third kappa shape index (κ3) is 2.52. The summed E-state index contributed by atoms with van der Waals surface area (Å²) in [6.07, 6.45) is 0. The molecule has 2 aliphatic rings. The van der Waals surface area contributed by atoms with Crippen molar-refractivity contribution in [2.24, 2.45) is 5.73 Å². The highest BCUT2D eigenvalue weighted by Gasteiger charge is 2.61. The van der Waals surface area contributed by atoms with Gasteiger partial charge >= 0.3 is 5.97 Å². The van der Waals surface area contributed by atoms with E-state index in [2.05, 4.69) is 26.1 Å². The van der Waals surface area contributed by atoms with Crippen molar-refractivity contribution in [3.63, 3.8) is 0 Å². The van der Waals surface area contributed by atoms with Crippen molar-refractivity contribution >= 4 is 33.5 Å². The van der Waals surface area contributed by atoms with Crippen LogP contribution in [0.25, 0.3) is 11.3 Å². The number of anilines is 1. The van der Waals surface area contributed by atoms with Crippen LogP contribution in [0.2, 0.25) is 0 Å². The summed E-state index contributed by atoms with van der Waals surface area (Å²) in [5.74, 6) is -1.99. The van der Waals surface area contributed by atoms with Gasteiger partial charge in [0.05, 0.1) is 11.3 Å². The van der Waals surface area contributed by atoms with E-state index < -0.39 is 23.8 Å². The highest BCUT2D eigenvalue weighted by Crippen LogP contribution is 2.56. The molecule has 0 fully saturated rings. The Morgan fingerprint density at radius 2 is 2.00 bits per heavy atom. The van der Waals surface area contributed by atoms with Gasteiger partial charge in [-0.25, -0.2) is 0 Å². The fourth-order valence-corrected chi connectivity index (χ4v) is 4.67. The summed E-state index contributed by atoms with van der Waals surface area (Å²) in [6, 6.07) is 16.1. The number of carbonyl (C=O) groups is 2. The van der Waals surface area contributed by atoms with E-state index in [1.54, 1.807) is 24.3 Å². The second-order valence-corrected chi connectivity index (χ2v) is 8.21. The van der Waals surface area contributed by atoms with E-state index in [0.717, 1.165) is 9.37 Å². The van der Waals surface area contributed by atoms with Crippen LogP contribution in [-0.2, 0) is 15.0 Å². The minimum atomic E-state index is -1.70. The zero-order chi connectivity index (χ0) is 22.6. The number of carboxylic acids is 1. The summed E-state index contributed by atoms with van der Waals surface area (Å²) in [7, 11) is 0. The van der Waals surface area contributed by atoms with Crippen molar-refractivity contribution in [3.8, 4) is 23.2 Å². The number of rotatable bonds is 3. The van der Waals surface area contributed by atoms with Crippen LogP contribution in [0.3, 0.4) is 0 Å². The molecule has 1 atom stereocenters. The van der Waals surface area contributed by atoms with Gasteiger partial charge in [-0.2, -0.15) is 5.26 Å². The molecule has 3 heterocycles. The van der Waals surface area contributed by atoms with Gasteiger partial charge in [-0.1, -0.05) is 46.3 Å². The van der Waals surface area contributed by atoms with Crippen molar-refractivity contribution in [1.82, 2.24) is 10.2 Å². The van der Waals surface area contributed by atoms with Crippen LogP contribution in [0.15, 0.2) is 64.5 Å². The summed E-state index contributed by atoms with van der Waals surface area (Å²) in [5, 5.41) is 26.6. The number of benzene rings is 2. The summed E-state index contributed by atoms with van der Waals surface area (Å²) < 4.78 is 6.48. The van der Waals surface area contributed by atoms with E-state index in [4.69, 9.17) is 10.5 Å². The first-order valence-electron chi connectivity index (χ1n) is 9.45. The van der Waals surface area contributed by atoms with Crippen molar-refractivity contribution < 1.29 is 19.4 Å². The second-order valence-electron chi connectivity index (χ2n) is 7.29. The van der Waals surface area contributed by atoms with Crippen molar-refractivity contribution in [3.05, 3.63) is 75.6 Å². The van der Waals surface area contributed by atoms with Gasteiger partial charge in [-0.15, -0.1) is 5.10 Å². The number of hydrogen-bond donors (Lipinski definition) is 3. The molecule has 0 saturated carbocycles. The molecule has 158 valence electrons. The number of hydrogen-bond acceptors (Lipinski definition) is 6. The lowest BCUT2D eigenvalue weighted by Gasteiger charge is -2.32. The number of H-pyrrole nitrogens is 1. The van der Waals surface area contributed by atoms with Crippen LogP contribution in [0.1, 0.15) is 11.1 Å². The third-order valence-electron chi connectivity index (χ3n) is 5.64. The number of carboxylic acid groups (broad SMARTS) is 1. The van der Waals surface area contributed by atoms with Crippen LogP contribution < -0.4 is 15.4 Å². The Bertz CT molecular complexity index is 1370. The van der Waals surface area contributed by atoms with Gasteiger partial charge in [0.15, 0.2) is 0 Å². The van der Waals surface area contributed by atoms with Crippen LogP contribution in [-0.4, -0.2) is 33.7 Å². The minimum absolute atomic E-state index is 0.0553. The number of halogens is 1. The largest absolute Gasteiger partial charge is 0.480 e. The van der Waals surface area contributed by atoms with E-state index in [1.807, 2.05) is 30.3 Å². The van der Waals surface area contributed by atoms with Gasteiger partial charge in [0, 0.05) is 21.3 Å². The molecule has 0 unspecified atom stereocenters. The lowest BCUT2D eigenvalue weighted by Crippen LogP contribution is -2.47. The molecule has 10 heteroatoms. The molecular formula is C22H14BrN5O4. The molecule has 1 aromatic heterocycles. The summed E-state index contributed by atoms with van der Waals surface area (Å²) in [4.78, 5) is 26.7. The molecule has 0 radical (unpaired) electrons. The highest BCUT2D eigenvalue weighted by atomic mass is 79.9. The van der Waals surface area contributed by atoms with E-state index in [1.165, 1.54) is 0 Å². The fraction of sp³-hybridized carbons (Fsp3) is 0.0909. The van der Waals surface area contributed by atoms with Crippen molar-refractivity contribution in [2.75, 3.05) is 11.4 Å². The van der Waals surface area contributed by atoms with Gasteiger partial charge in [0.25, 0.3) is 0 Å². The number of ether oxygens (including phenoxy) is 1. The molecule has 1 amide bonds. The molecule has 0 saturated heterocycles. The Kier molecular flexibility index (Phi) is 4.32. The monoisotopic (exact) mass is 491 g/mol. The number of amides is 1. The van der Waals surface area contributed by atoms with E-state index in [-0.39, 0.29) is 17.3 Å². The number of para-hydroxylation sites is 1. The van der Waals surface area contributed by atoms with E-state index in [0.29, 0.717) is 28.1 Å². The minimum Gasteiger partial charge on any atom is -0.480 e. The quantitative estimate of drug-likeness (QED) is 0.510. The number of fused-ring (bicyclic) bond motifs is 4. The molecule has 9 nitrogen and oxygen atoms in total. The number of nitrogens with zero attached hydrogens (tertiary/aromatic N) is 3. The van der Waals surface area contributed by atoms with Crippen molar-refractivity contribution in [2.45, 2.75) is 5.41 Å². The Morgan fingerprint density at radius 1 is 1.28 bits per heavy atom. The van der Waals surface area contributed by atoms with Gasteiger partial charge in [0.1, 0.15) is 23.6 Å². The van der Waals surface area contributed by atoms with Gasteiger partial charge < -0.3 is 15.6 Å². The van der Waals surface area contributed by atoms with Crippen LogP contribution >= 0.6 is 15.9 Å². The van der Waals surface area contributed by atoms with Gasteiger partial charge in [-0.05, 0) is 18.2 Å². The van der Waals surface area contributed by atoms with Crippen LogP contribution in [0.4, 0.5) is 5.69 Å². The molecule has 4 N–H and O–H groups in total. The first-order valence-corrected chi connectivity index (χ1v) is 10.2. The highest BCUT2D eigenvalue weighted by molar-refractivity contribution is 9.10. The maximum Gasteiger partial charge on any atom is 0.323 e. The predicted octanol–water partition coefficient (Wildman–Crippen LogP) is 2.64. The lowest BCUT2D eigenvalue weighted by molar-refractivity contribution is -0.136. The molecule has 1 spiro atoms. The normalized spacial score (nSPS) is 18.9. The van der Waals surface area contributed by atoms with Gasteiger partial charge in [-0.3, -0.25) is 19.6 Å². The SMILES string of the molecule is N#CC1=C(N)Oc2n[nH]c(-c3ccc(Br)cc3)c2[C@@]12C(=O)N(CC(=O)O)c1ccccc12. The molecular weight excluding hydrogens is 478 g/mol. The first-order chi connectivity index (χ1) is 15.4.